The first-order chi connectivity index (χ1) is 9.67. The molecule has 4 heteroatoms. The van der Waals surface area contributed by atoms with E-state index < -0.39 is 0 Å². The summed E-state index contributed by atoms with van der Waals surface area (Å²) in [5.74, 6) is 0.109. The fourth-order valence-corrected chi connectivity index (χ4v) is 2.91. The molecule has 0 radical (unpaired) electrons. The summed E-state index contributed by atoms with van der Waals surface area (Å²) in [6.07, 6.45) is 2.31. The Bertz CT molecular complexity index is 473. The van der Waals surface area contributed by atoms with Gasteiger partial charge in [-0.15, -0.1) is 0 Å². The van der Waals surface area contributed by atoms with Gasteiger partial charge in [0.2, 0.25) is 11.8 Å². The lowest BCUT2D eigenvalue weighted by atomic mass is 9.88. The molecule has 0 aliphatic carbocycles. The topological polar surface area (TPSA) is 49.4 Å². The summed E-state index contributed by atoms with van der Waals surface area (Å²) in [4.78, 5) is 26.0. The molecule has 2 amide bonds. The van der Waals surface area contributed by atoms with E-state index in [1.165, 1.54) is 0 Å². The minimum Gasteiger partial charge on any atom is -0.359 e. The average molecular weight is 274 g/mol. The van der Waals surface area contributed by atoms with Gasteiger partial charge in [0.1, 0.15) is 0 Å². The van der Waals surface area contributed by atoms with Crippen molar-refractivity contribution in [3.05, 3.63) is 30.3 Å². The molecule has 1 aliphatic heterocycles. The monoisotopic (exact) mass is 274 g/mol. The second-order valence-electron chi connectivity index (χ2n) is 5.32. The fraction of sp³-hybridized carbons (Fsp3) is 0.500. The van der Waals surface area contributed by atoms with Crippen LogP contribution in [0.25, 0.3) is 0 Å². The Hall–Kier alpha value is -1.84. The van der Waals surface area contributed by atoms with Crippen LogP contribution >= 0.6 is 0 Å². The Morgan fingerprint density at radius 3 is 2.65 bits per heavy atom. The Morgan fingerprint density at radius 2 is 2.05 bits per heavy atom. The van der Waals surface area contributed by atoms with Gasteiger partial charge in [-0.05, 0) is 24.5 Å². The number of nitrogens with one attached hydrogen (secondary N) is 1. The molecule has 0 bridgehead atoms. The molecule has 1 heterocycles. The molecule has 1 saturated heterocycles. The zero-order chi connectivity index (χ0) is 14.5. The highest BCUT2D eigenvalue weighted by molar-refractivity contribution is 5.99. The normalized spacial score (nSPS) is 22.1. The van der Waals surface area contributed by atoms with E-state index in [-0.39, 0.29) is 23.7 Å². The first kappa shape index (κ1) is 14.6. The Labute approximate surface area is 120 Å². The van der Waals surface area contributed by atoms with E-state index in [1.54, 1.807) is 7.05 Å². The molecule has 1 aromatic carbocycles. The van der Waals surface area contributed by atoms with Crippen LogP contribution in [0.15, 0.2) is 30.3 Å². The predicted octanol–water partition coefficient (Wildman–Crippen LogP) is 2.20. The lowest BCUT2D eigenvalue weighted by Gasteiger charge is -2.16. The van der Waals surface area contributed by atoms with Crippen LogP contribution in [-0.2, 0) is 9.59 Å². The second-order valence-corrected chi connectivity index (χ2v) is 5.32. The number of para-hydroxylation sites is 1. The van der Waals surface area contributed by atoms with Gasteiger partial charge >= 0.3 is 0 Å². The molecule has 20 heavy (non-hydrogen) atoms. The van der Waals surface area contributed by atoms with Crippen LogP contribution < -0.4 is 10.2 Å². The molecule has 1 aliphatic rings. The van der Waals surface area contributed by atoms with Crippen LogP contribution in [0.1, 0.15) is 26.2 Å². The summed E-state index contributed by atoms with van der Waals surface area (Å²) in [5.41, 5.74) is 0.929. The summed E-state index contributed by atoms with van der Waals surface area (Å²) in [7, 11) is 1.62. The Balaban J connectivity index is 2.18. The van der Waals surface area contributed by atoms with E-state index in [4.69, 9.17) is 0 Å². The van der Waals surface area contributed by atoms with Crippen molar-refractivity contribution in [3.8, 4) is 0 Å². The number of hydrogen-bond acceptors (Lipinski definition) is 2. The smallest absolute Gasteiger partial charge is 0.230 e. The SMILES string of the molecule is CCC[C@H]1CN(c2ccccc2)C(=O)[C@@H]1CC(=O)NC. The molecule has 1 aromatic rings. The van der Waals surface area contributed by atoms with Gasteiger partial charge in [-0.25, -0.2) is 0 Å². The fourth-order valence-electron chi connectivity index (χ4n) is 2.91. The first-order valence-electron chi connectivity index (χ1n) is 7.24. The maximum atomic E-state index is 12.6. The van der Waals surface area contributed by atoms with Crippen molar-refractivity contribution in [1.29, 1.82) is 0 Å². The number of rotatable bonds is 5. The standard InChI is InChI=1S/C16H22N2O2/c1-3-7-12-11-18(13-8-5-4-6-9-13)16(20)14(12)10-15(19)17-2/h4-6,8-9,12,14H,3,7,10-11H2,1-2H3,(H,17,19)/t12-,14+/m0/s1. The highest BCUT2D eigenvalue weighted by atomic mass is 16.2. The van der Waals surface area contributed by atoms with Crippen molar-refractivity contribution in [2.24, 2.45) is 11.8 Å². The summed E-state index contributed by atoms with van der Waals surface area (Å²) in [6.45, 7) is 2.84. The zero-order valence-electron chi connectivity index (χ0n) is 12.1. The van der Waals surface area contributed by atoms with Crippen molar-refractivity contribution in [3.63, 3.8) is 0 Å². The highest BCUT2D eigenvalue weighted by Gasteiger charge is 2.41. The van der Waals surface area contributed by atoms with Gasteiger partial charge in [0.05, 0.1) is 5.92 Å². The molecule has 0 spiro atoms. The second kappa shape index (κ2) is 6.55. The largest absolute Gasteiger partial charge is 0.359 e. The van der Waals surface area contributed by atoms with E-state index in [1.807, 2.05) is 35.2 Å². The Morgan fingerprint density at radius 1 is 1.35 bits per heavy atom. The van der Waals surface area contributed by atoms with Crippen LogP contribution in [-0.4, -0.2) is 25.4 Å². The van der Waals surface area contributed by atoms with Crippen molar-refractivity contribution >= 4 is 17.5 Å². The number of benzene rings is 1. The van der Waals surface area contributed by atoms with Crippen molar-refractivity contribution in [2.75, 3.05) is 18.5 Å². The van der Waals surface area contributed by atoms with Gasteiger partial charge in [0.15, 0.2) is 0 Å². The van der Waals surface area contributed by atoms with Crippen molar-refractivity contribution < 1.29 is 9.59 Å². The van der Waals surface area contributed by atoms with Gasteiger partial charge in [0.25, 0.3) is 0 Å². The lowest BCUT2D eigenvalue weighted by molar-refractivity contribution is -0.127. The maximum absolute atomic E-state index is 12.6. The predicted molar refractivity (Wildman–Crippen MR) is 79.4 cm³/mol. The number of amides is 2. The minimum absolute atomic E-state index is 0.0561. The number of anilines is 1. The summed E-state index contributed by atoms with van der Waals surface area (Å²) >= 11 is 0. The number of carbonyl (C=O) groups excluding carboxylic acids is 2. The molecule has 2 rings (SSSR count). The zero-order valence-corrected chi connectivity index (χ0v) is 12.1. The van der Waals surface area contributed by atoms with Crippen LogP contribution in [0.5, 0.6) is 0 Å². The highest BCUT2D eigenvalue weighted by Crippen LogP contribution is 2.34. The van der Waals surface area contributed by atoms with Crippen molar-refractivity contribution in [1.82, 2.24) is 5.32 Å². The molecule has 108 valence electrons. The molecular weight excluding hydrogens is 252 g/mol. The van der Waals surface area contributed by atoms with Gasteiger partial charge in [-0.1, -0.05) is 31.5 Å². The molecule has 4 nitrogen and oxygen atoms in total. The molecule has 0 unspecified atom stereocenters. The van der Waals surface area contributed by atoms with Gasteiger partial charge in [-0.2, -0.15) is 0 Å². The molecule has 0 saturated carbocycles. The number of hydrogen-bond donors (Lipinski definition) is 1. The molecule has 0 aromatic heterocycles. The Kier molecular flexibility index (Phi) is 4.77. The van der Waals surface area contributed by atoms with E-state index in [2.05, 4.69) is 12.2 Å². The summed E-state index contributed by atoms with van der Waals surface area (Å²) in [6, 6.07) is 9.70. The van der Waals surface area contributed by atoms with Crippen LogP contribution in [0.4, 0.5) is 5.69 Å². The third-order valence-electron chi connectivity index (χ3n) is 3.98. The quantitative estimate of drug-likeness (QED) is 0.895. The van der Waals surface area contributed by atoms with Gasteiger partial charge < -0.3 is 10.2 Å². The molecule has 2 atom stereocenters. The molecule has 1 fully saturated rings. The number of nitrogens with zero attached hydrogens (tertiary/aromatic N) is 1. The van der Waals surface area contributed by atoms with Crippen LogP contribution in [0.2, 0.25) is 0 Å². The van der Waals surface area contributed by atoms with E-state index in [9.17, 15) is 9.59 Å². The van der Waals surface area contributed by atoms with Crippen LogP contribution in [0, 0.1) is 11.8 Å². The maximum Gasteiger partial charge on any atom is 0.230 e. The van der Waals surface area contributed by atoms with E-state index in [0.29, 0.717) is 6.42 Å². The van der Waals surface area contributed by atoms with E-state index in [0.717, 1.165) is 25.1 Å². The van der Waals surface area contributed by atoms with Gasteiger partial charge in [0, 0.05) is 25.7 Å². The lowest BCUT2D eigenvalue weighted by Crippen LogP contribution is -2.30. The molecule has 1 N–H and O–H groups in total. The van der Waals surface area contributed by atoms with Gasteiger partial charge in [-0.3, -0.25) is 9.59 Å². The first-order valence-corrected chi connectivity index (χ1v) is 7.24. The third-order valence-corrected chi connectivity index (χ3v) is 3.98. The summed E-state index contributed by atoms with van der Waals surface area (Å²) in [5, 5.41) is 2.62. The molecular formula is C16H22N2O2. The third kappa shape index (κ3) is 3.00. The van der Waals surface area contributed by atoms with Crippen molar-refractivity contribution in [2.45, 2.75) is 26.2 Å². The minimum atomic E-state index is -0.185. The van der Waals surface area contributed by atoms with Crippen LogP contribution in [0.3, 0.4) is 0 Å². The number of carbonyl (C=O) groups is 2. The average Bonchev–Trinajstić information content (AvgIpc) is 2.77. The summed E-state index contributed by atoms with van der Waals surface area (Å²) < 4.78 is 0. The van der Waals surface area contributed by atoms with E-state index >= 15 is 0 Å².